The highest BCUT2D eigenvalue weighted by Crippen LogP contribution is 2.41. The summed E-state index contributed by atoms with van der Waals surface area (Å²) >= 11 is 1.88. The third kappa shape index (κ3) is 4.43. The van der Waals surface area contributed by atoms with Gasteiger partial charge >= 0.3 is 0 Å². The molecule has 0 spiro atoms. The molecule has 8 rings (SSSR count). The number of benzene rings is 6. The minimum Gasteiger partial charge on any atom is -0.309 e. The zero-order chi connectivity index (χ0) is 28.8. The fourth-order valence-corrected chi connectivity index (χ4v) is 7.49. The summed E-state index contributed by atoms with van der Waals surface area (Å²) in [5.41, 5.74) is 8.24. The summed E-state index contributed by atoms with van der Waals surface area (Å²) in [4.78, 5) is 4.87. The standard InChI is InChI=1S/C39H29N3S/c1-40-39(41-25-26-11-3-2-4-12-26)28-13-9-14-29(23-28)42-35-19-7-5-15-31(35)34-24-27(21-22-36(34)42)30-17-10-18-33-32-16-6-8-20-37(32)43-38(30)33/h2-25,39-40H,1H3. The van der Waals surface area contributed by atoms with E-state index in [1.807, 2.05) is 42.8 Å². The van der Waals surface area contributed by atoms with E-state index in [0.29, 0.717) is 0 Å². The minimum atomic E-state index is -0.151. The van der Waals surface area contributed by atoms with Crippen LogP contribution in [0.1, 0.15) is 17.3 Å². The number of nitrogens with one attached hydrogen (secondary N) is 1. The zero-order valence-corrected chi connectivity index (χ0v) is 24.6. The molecule has 43 heavy (non-hydrogen) atoms. The van der Waals surface area contributed by atoms with Crippen LogP contribution >= 0.6 is 11.3 Å². The molecule has 2 aromatic heterocycles. The molecule has 4 heteroatoms. The van der Waals surface area contributed by atoms with Gasteiger partial charge in [0, 0.05) is 42.8 Å². The number of aromatic nitrogens is 1. The lowest BCUT2D eigenvalue weighted by atomic mass is 10.0. The smallest absolute Gasteiger partial charge is 0.125 e. The van der Waals surface area contributed by atoms with Gasteiger partial charge < -0.3 is 4.57 Å². The van der Waals surface area contributed by atoms with Crippen LogP contribution in [0.3, 0.4) is 0 Å². The van der Waals surface area contributed by atoms with Gasteiger partial charge in [0.05, 0.1) is 11.0 Å². The minimum absolute atomic E-state index is 0.151. The predicted molar refractivity (Wildman–Crippen MR) is 185 cm³/mol. The van der Waals surface area contributed by atoms with Gasteiger partial charge in [-0.1, -0.05) is 103 Å². The first kappa shape index (κ1) is 25.7. The molecule has 0 fully saturated rings. The van der Waals surface area contributed by atoms with E-state index in [1.165, 1.54) is 53.1 Å². The molecule has 0 radical (unpaired) electrons. The molecule has 0 aliphatic heterocycles. The monoisotopic (exact) mass is 571 g/mol. The van der Waals surface area contributed by atoms with Crippen LogP contribution in [0.2, 0.25) is 0 Å². The van der Waals surface area contributed by atoms with E-state index in [1.54, 1.807) is 0 Å². The highest BCUT2D eigenvalue weighted by molar-refractivity contribution is 7.26. The van der Waals surface area contributed by atoms with Gasteiger partial charge in [-0.15, -0.1) is 11.3 Å². The molecule has 0 saturated carbocycles. The van der Waals surface area contributed by atoms with Crippen LogP contribution in [0, 0.1) is 0 Å². The number of hydrogen-bond acceptors (Lipinski definition) is 3. The van der Waals surface area contributed by atoms with Gasteiger partial charge in [-0.05, 0) is 65.7 Å². The summed E-state index contributed by atoms with van der Waals surface area (Å²) in [6, 6.07) is 50.0. The van der Waals surface area contributed by atoms with Crippen LogP contribution < -0.4 is 5.32 Å². The average Bonchev–Trinajstić information content (AvgIpc) is 3.61. The molecular formula is C39H29N3S. The fourth-order valence-electron chi connectivity index (χ4n) is 6.25. The van der Waals surface area contributed by atoms with E-state index in [4.69, 9.17) is 4.99 Å². The van der Waals surface area contributed by atoms with Gasteiger partial charge in [0.2, 0.25) is 0 Å². The molecule has 1 N–H and O–H groups in total. The van der Waals surface area contributed by atoms with Crippen molar-refractivity contribution >= 4 is 59.5 Å². The zero-order valence-electron chi connectivity index (χ0n) is 23.7. The van der Waals surface area contributed by atoms with Crippen LogP contribution in [-0.4, -0.2) is 17.8 Å². The lowest BCUT2D eigenvalue weighted by Gasteiger charge is -2.15. The molecule has 206 valence electrons. The Bertz CT molecular complexity index is 2290. The second-order valence-electron chi connectivity index (χ2n) is 10.8. The van der Waals surface area contributed by atoms with E-state index in [0.717, 1.165) is 16.8 Å². The molecule has 3 nitrogen and oxygen atoms in total. The van der Waals surface area contributed by atoms with Gasteiger partial charge in [0.15, 0.2) is 0 Å². The first-order valence-corrected chi connectivity index (χ1v) is 15.4. The van der Waals surface area contributed by atoms with E-state index in [2.05, 4.69) is 131 Å². The Kier molecular flexibility index (Phi) is 6.36. The van der Waals surface area contributed by atoms with Gasteiger partial charge in [0.25, 0.3) is 0 Å². The van der Waals surface area contributed by atoms with Crippen molar-refractivity contribution in [1.29, 1.82) is 0 Å². The van der Waals surface area contributed by atoms with Crippen LogP contribution in [0.5, 0.6) is 0 Å². The largest absolute Gasteiger partial charge is 0.309 e. The van der Waals surface area contributed by atoms with Crippen molar-refractivity contribution in [3.8, 4) is 16.8 Å². The van der Waals surface area contributed by atoms with Crippen molar-refractivity contribution in [3.63, 3.8) is 0 Å². The molecular weight excluding hydrogens is 543 g/mol. The summed E-state index contributed by atoms with van der Waals surface area (Å²) in [6.07, 6.45) is 1.79. The Morgan fingerprint density at radius 1 is 0.651 bits per heavy atom. The first-order chi connectivity index (χ1) is 21.3. The maximum Gasteiger partial charge on any atom is 0.125 e. The topological polar surface area (TPSA) is 29.3 Å². The van der Waals surface area contributed by atoms with Gasteiger partial charge in [-0.25, -0.2) is 0 Å². The number of aliphatic imine (C=N–C) groups is 1. The molecule has 1 atom stereocenters. The number of thiophene rings is 1. The second-order valence-corrected chi connectivity index (χ2v) is 11.9. The fraction of sp³-hybridized carbons (Fsp3) is 0.0513. The van der Waals surface area contributed by atoms with Gasteiger partial charge in [0.1, 0.15) is 6.17 Å². The third-order valence-corrected chi connectivity index (χ3v) is 9.50. The molecule has 0 aliphatic carbocycles. The Morgan fingerprint density at radius 2 is 1.40 bits per heavy atom. The lowest BCUT2D eigenvalue weighted by Crippen LogP contribution is -2.14. The van der Waals surface area contributed by atoms with E-state index < -0.39 is 0 Å². The number of rotatable bonds is 6. The van der Waals surface area contributed by atoms with Crippen LogP contribution in [0.4, 0.5) is 0 Å². The van der Waals surface area contributed by atoms with E-state index in [-0.39, 0.29) is 6.17 Å². The van der Waals surface area contributed by atoms with Crippen LogP contribution in [-0.2, 0) is 0 Å². The van der Waals surface area contributed by atoms with Crippen molar-refractivity contribution in [1.82, 2.24) is 9.88 Å². The number of nitrogens with zero attached hydrogens (tertiary/aromatic N) is 2. The number of hydrogen-bond donors (Lipinski definition) is 1. The van der Waals surface area contributed by atoms with E-state index in [9.17, 15) is 0 Å². The van der Waals surface area contributed by atoms with E-state index >= 15 is 0 Å². The quantitative estimate of drug-likeness (QED) is 0.198. The first-order valence-electron chi connectivity index (χ1n) is 14.6. The Balaban J connectivity index is 1.26. The SMILES string of the molecule is CNC(N=Cc1ccccc1)c1cccc(-n2c3ccccc3c3cc(-c4cccc5c4sc4ccccc45)ccc32)c1. The van der Waals surface area contributed by atoms with Crippen LogP contribution in [0.25, 0.3) is 58.8 Å². The summed E-state index contributed by atoms with van der Waals surface area (Å²) in [5.74, 6) is 0. The van der Waals surface area contributed by atoms with Crippen molar-refractivity contribution in [2.75, 3.05) is 7.05 Å². The third-order valence-electron chi connectivity index (χ3n) is 8.28. The summed E-state index contributed by atoms with van der Waals surface area (Å²) < 4.78 is 5.05. The molecule has 0 aliphatic rings. The number of fused-ring (bicyclic) bond motifs is 6. The molecule has 2 heterocycles. The molecule has 8 aromatic rings. The van der Waals surface area contributed by atoms with Crippen molar-refractivity contribution in [2.24, 2.45) is 4.99 Å². The maximum atomic E-state index is 4.87. The highest BCUT2D eigenvalue weighted by Gasteiger charge is 2.16. The van der Waals surface area contributed by atoms with Gasteiger partial charge in [-0.2, -0.15) is 0 Å². The summed E-state index contributed by atoms with van der Waals surface area (Å²) in [6.45, 7) is 0. The highest BCUT2D eigenvalue weighted by atomic mass is 32.1. The summed E-state index contributed by atoms with van der Waals surface area (Å²) in [7, 11) is 1.96. The molecule has 0 bridgehead atoms. The van der Waals surface area contributed by atoms with Crippen LogP contribution in [0.15, 0.2) is 145 Å². The van der Waals surface area contributed by atoms with Gasteiger partial charge in [-0.3, -0.25) is 10.3 Å². The average molecular weight is 572 g/mol. The lowest BCUT2D eigenvalue weighted by molar-refractivity contribution is 0.627. The Morgan fingerprint density at radius 3 is 2.28 bits per heavy atom. The molecule has 0 saturated heterocycles. The second kappa shape index (κ2) is 10.7. The molecule has 0 amide bonds. The predicted octanol–water partition coefficient (Wildman–Crippen LogP) is 10.2. The Labute approximate surface area is 254 Å². The van der Waals surface area contributed by atoms with Crippen molar-refractivity contribution in [3.05, 3.63) is 151 Å². The Hall–Kier alpha value is -5.03. The molecule has 1 unspecified atom stereocenters. The number of para-hydroxylation sites is 1. The maximum absolute atomic E-state index is 4.87. The van der Waals surface area contributed by atoms with Crippen molar-refractivity contribution in [2.45, 2.75) is 6.17 Å². The normalized spacial score (nSPS) is 12.7. The summed E-state index contributed by atoms with van der Waals surface area (Å²) in [5, 5.41) is 8.54. The van der Waals surface area contributed by atoms with Crippen molar-refractivity contribution < 1.29 is 0 Å². The molecule has 6 aromatic carbocycles.